The zero-order chi connectivity index (χ0) is 7.66. The highest BCUT2D eigenvalue weighted by atomic mass is 32.2. The molecule has 10 heavy (non-hydrogen) atoms. The second-order valence-electron chi connectivity index (χ2n) is 2.16. The fraction of sp³-hybridized carbons (Fsp3) is 1.00. The molecule has 0 aliphatic rings. The average Bonchev–Trinajstić information content (AvgIpc) is 1.97. The zero-order valence-corrected chi connectivity index (χ0v) is 8.69. The average molecular weight is 178 g/mol. The van der Waals surface area contributed by atoms with Gasteiger partial charge in [-0.2, -0.15) is 23.5 Å². The monoisotopic (exact) mass is 178 g/mol. The third-order valence-electron chi connectivity index (χ3n) is 1.13. The van der Waals surface area contributed by atoms with E-state index < -0.39 is 0 Å². The topological polar surface area (TPSA) is 0 Å². The quantitative estimate of drug-likeness (QED) is 0.549. The van der Waals surface area contributed by atoms with Crippen molar-refractivity contribution in [3.63, 3.8) is 0 Å². The van der Waals surface area contributed by atoms with Gasteiger partial charge in [-0.05, 0) is 35.9 Å². The summed E-state index contributed by atoms with van der Waals surface area (Å²) in [6.07, 6.45) is 2.72. The second kappa shape index (κ2) is 9.70. The van der Waals surface area contributed by atoms with Crippen LogP contribution in [0.4, 0.5) is 0 Å². The van der Waals surface area contributed by atoms with Crippen LogP contribution in [-0.4, -0.2) is 23.0 Å². The van der Waals surface area contributed by atoms with E-state index in [1.54, 1.807) is 0 Å². The molecular weight excluding hydrogens is 160 g/mol. The van der Waals surface area contributed by atoms with Gasteiger partial charge in [0.25, 0.3) is 0 Å². The summed E-state index contributed by atoms with van der Waals surface area (Å²) < 4.78 is 0. The minimum absolute atomic E-state index is 1.28. The molecule has 0 aromatic carbocycles. The molecule has 0 spiro atoms. The van der Waals surface area contributed by atoms with Crippen LogP contribution in [0.25, 0.3) is 0 Å². The van der Waals surface area contributed by atoms with Crippen molar-refractivity contribution < 1.29 is 0 Å². The number of rotatable bonds is 7. The minimum Gasteiger partial charge on any atom is -0.162 e. The van der Waals surface area contributed by atoms with Crippen LogP contribution in [-0.2, 0) is 0 Å². The highest BCUT2D eigenvalue weighted by Gasteiger charge is 1.87. The molecule has 0 aromatic heterocycles. The summed E-state index contributed by atoms with van der Waals surface area (Å²) in [5.74, 6) is 5.34. The maximum Gasteiger partial charge on any atom is -0.00597 e. The molecular formula is C8H18S2. The maximum atomic E-state index is 2.24. The van der Waals surface area contributed by atoms with E-state index in [1.165, 1.54) is 35.9 Å². The van der Waals surface area contributed by atoms with E-state index in [1.807, 2.05) is 0 Å². The highest BCUT2D eigenvalue weighted by molar-refractivity contribution is 8.00. The Morgan fingerprint density at radius 3 is 2.20 bits per heavy atom. The summed E-state index contributed by atoms with van der Waals surface area (Å²) >= 11 is 4.14. The number of hydrogen-bond acceptors (Lipinski definition) is 2. The minimum atomic E-state index is 1.28. The van der Waals surface area contributed by atoms with Crippen molar-refractivity contribution in [1.29, 1.82) is 0 Å². The smallest absolute Gasteiger partial charge is 0.00597 e. The molecule has 62 valence electrons. The first-order valence-electron chi connectivity index (χ1n) is 4.07. The fourth-order valence-corrected chi connectivity index (χ4v) is 2.31. The first-order chi connectivity index (χ1) is 4.91. The lowest BCUT2D eigenvalue weighted by molar-refractivity contribution is 1.08. The molecule has 0 bridgehead atoms. The zero-order valence-electron chi connectivity index (χ0n) is 7.06. The summed E-state index contributed by atoms with van der Waals surface area (Å²) in [5.41, 5.74) is 0. The predicted octanol–water partition coefficient (Wildman–Crippen LogP) is 3.27. The third-order valence-corrected chi connectivity index (χ3v) is 3.39. The Hall–Kier alpha value is 0.700. The molecule has 0 nitrogen and oxygen atoms in total. The van der Waals surface area contributed by atoms with Gasteiger partial charge in [-0.1, -0.05) is 13.8 Å². The van der Waals surface area contributed by atoms with E-state index in [-0.39, 0.29) is 0 Å². The number of thioether (sulfide) groups is 2. The molecule has 0 radical (unpaired) electrons. The normalized spacial score (nSPS) is 10.2. The Morgan fingerprint density at radius 2 is 1.60 bits per heavy atom. The van der Waals surface area contributed by atoms with Gasteiger partial charge in [0.1, 0.15) is 0 Å². The van der Waals surface area contributed by atoms with Gasteiger partial charge < -0.3 is 0 Å². The van der Waals surface area contributed by atoms with Crippen LogP contribution in [0.1, 0.15) is 26.7 Å². The van der Waals surface area contributed by atoms with Crippen LogP contribution in [0.3, 0.4) is 0 Å². The molecule has 2 heteroatoms. The summed E-state index contributed by atoms with van der Waals surface area (Å²) in [5, 5.41) is 0. The summed E-state index contributed by atoms with van der Waals surface area (Å²) in [6.45, 7) is 4.47. The third kappa shape index (κ3) is 8.70. The first kappa shape index (κ1) is 10.7. The molecule has 0 amide bonds. The van der Waals surface area contributed by atoms with Gasteiger partial charge >= 0.3 is 0 Å². The Morgan fingerprint density at radius 1 is 0.900 bits per heavy atom. The van der Waals surface area contributed by atoms with Crippen LogP contribution < -0.4 is 0 Å². The SMILES string of the molecule is CCCSCCCSCC. The van der Waals surface area contributed by atoms with E-state index in [0.717, 1.165) is 0 Å². The Balaban J connectivity index is 2.65. The summed E-state index contributed by atoms with van der Waals surface area (Å²) in [4.78, 5) is 0. The Labute approximate surface area is 73.5 Å². The molecule has 0 aliphatic heterocycles. The van der Waals surface area contributed by atoms with Crippen molar-refractivity contribution in [2.45, 2.75) is 26.7 Å². The van der Waals surface area contributed by atoms with Gasteiger partial charge in [-0.3, -0.25) is 0 Å². The molecule has 0 atom stereocenters. The van der Waals surface area contributed by atoms with Crippen molar-refractivity contribution in [1.82, 2.24) is 0 Å². The lowest BCUT2D eigenvalue weighted by Gasteiger charge is -1.97. The molecule has 0 heterocycles. The van der Waals surface area contributed by atoms with Gasteiger partial charge in [0.05, 0.1) is 0 Å². The van der Waals surface area contributed by atoms with Crippen LogP contribution >= 0.6 is 23.5 Å². The van der Waals surface area contributed by atoms with E-state index in [4.69, 9.17) is 0 Å². The molecule has 0 saturated heterocycles. The Kier molecular flexibility index (Phi) is 10.4. The van der Waals surface area contributed by atoms with Gasteiger partial charge in [0, 0.05) is 0 Å². The largest absolute Gasteiger partial charge is 0.162 e. The van der Waals surface area contributed by atoms with Crippen LogP contribution in [0.5, 0.6) is 0 Å². The Bertz CT molecular complexity index is 47.2. The standard InChI is InChI=1S/C8H18S2/c1-3-6-10-8-5-7-9-4-2/h3-8H2,1-2H3. The van der Waals surface area contributed by atoms with Crippen LogP contribution in [0, 0.1) is 0 Å². The summed E-state index contributed by atoms with van der Waals surface area (Å²) in [6, 6.07) is 0. The van der Waals surface area contributed by atoms with Gasteiger partial charge in [-0.15, -0.1) is 0 Å². The molecule has 0 aromatic rings. The molecule has 0 saturated carbocycles. The lowest BCUT2D eigenvalue weighted by Crippen LogP contribution is -1.85. The molecule has 0 N–H and O–H groups in total. The van der Waals surface area contributed by atoms with Gasteiger partial charge in [0.2, 0.25) is 0 Å². The van der Waals surface area contributed by atoms with Gasteiger partial charge in [-0.25, -0.2) is 0 Å². The molecule has 0 fully saturated rings. The van der Waals surface area contributed by atoms with Crippen molar-refractivity contribution >= 4 is 23.5 Å². The summed E-state index contributed by atoms with van der Waals surface area (Å²) in [7, 11) is 0. The molecule has 0 aliphatic carbocycles. The van der Waals surface area contributed by atoms with E-state index in [2.05, 4.69) is 37.4 Å². The van der Waals surface area contributed by atoms with Crippen molar-refractivity contribution in [2.75, 3.05) is 23.0 Å². The van der Waals surface area contributed by atoms with Gasteiger partial charge in [0.15, 0.2) is 0 Å². The van der Waals surface area contributed by atoms with Crippen molar-refractivity contribution in [3.8, 4) is 0 Å². The second-order valence-corrected chi connectivity index (χ2v) is 4.78. The maximum absolute atomic E-state index is 2.24. The molecule has 0 rings (SSSR count). The van der Waals surface area contributed by atoms with Crippen molar-refractivity contribution in [2.24, 2.45) is 0 Å². The van der Waals surface area contributed by atoms with E-state index in [9.17, 15) is 0 Å². The van der Waals surface area contributed by atoms with E-state index >= 15 is 0 Å². The van der Waals surface area contributed by atoms with Crippen LogP contribution in [0.2, 0.25) is 0 Å². The fourth-order valence-electron chi connectivity index (χ4n) is 0.654. The predicted molar refractivity (Wildman–Crippen MR) is 55.2 cm³/mol. The first-order valence-corrected chi connectivity index (χ1v) is 6.38. The number of hydrogen-bond donors (Lipinski definition) is 0. The lowest BCUT2D eigenvalue weighted by atomic mass is 10.6. The highest BCUT2D eigenvalue weighted by Crippen LogP contribution is 2.07. The van der Waals surface area contributed by atoms with E-state index in [0.29, 0.717) is 0 Å². The molecule has 0 unspecified atom stereocenters. The van der Waals surface area contributed by atoms with Crippen LogP contribution in [0.15, 0.2) is 0 Å². The van der Waals surface area contributed by atoms with Crippen molar-refractivity contribution in [3.05, 3.63) is 0 Å².